The van der Waals surface area contributed by atoms with E-state index in [0.717, 1.165) is 5.56 Å². The van der Waals surface area contributed by atoms with Gasteiger partial charge in [0.1, 0.15) is 11.3 Å². The van der Waals surface area contributed by atoms with E-state index in [0.29, 0.717) is 19.6 Å². The highest BCUT2D eigenvalue weighted by Gasteiger charge is 2.35. The molecule has 1 aliphatic rings. The van der Waals surface area contributed by atoms with Crippen molar-refractivity contribution in [3.8, 4) is 5.75 Å². The summed E-state index contributed by atoms with van der Waals surface area (Å²) >= 11 is 0. The molecule has 2 aromatic rings. The standard InChI is InChI=1S/C18H21N3O5S.ClH/c1-25-17-10-14(5-6-15(17)18(22)26-2)27(23,24)21-9-8-20-12-16(21)13-4-3-7-19-11-13;/h3-7,10-11,16,20H,8-9,12H2,1-2H3;1H. The summed E-state index contributed by atoms with van der Waals surface area (Å²) in [7, 11) is -1.18. The van der Waals surface area contributed by atoms with Crippen LogP contribution < -0.4 is 10.1 Å². The quantitative estimate of drug-likeness (QED) is 0.724. The van der Waals surface area contributed by atoms with Crippen molar-refractivity contribution in [3.63, 3.8) is 0 Å². The van der Waals surface area contributed by atoms with E-state index in [-0.39, 0.29) is 34.7 Å². The second-order valence-corrected chi connectivity index (χ2v) is 7.87. The third-order valence-corrected chi connectivity index (χ3v) is 6.35. The fourth-order valence-electron chi connectivity index (χ4n) is 3.08. The van der Waals surface area contributed by atoms with Crippen LogP contribution in [0.5, 0.6) is 5.75 Å². The largest absolute Gasteiger partial charge is 0.496 e. The Kier molecular flexibility index (Phi) is 7.36. The maximum Gasteiger partial charge on any atom is 0.341 e. The molecule has 1 aromatic heterocycles. The molecule has 1 atom stereocenters. The highest BCUT2D eigenvalue weighted by atomic mass is 35.5. The molecule has 0 saturated carbocycles. The topological polar surface area (TPSA) is 97.8 Å². The molecule has 0 radical (unpaired) electrons. The second kappa shape index (κ2) is 9.33. The molecule has 0 amide bonds. The molecular formula is C18H22ClN3O5S. The Labute approximate surface area is 170 Å². The summed E-state index contributed by atoms with van der Waals surface area (Å²) in [5, 5.41) is 3.22. The minimum atomic E-state index is -3.81. The van der Waals surface area contributed by atoms with Gasteiger partial charge in [-0.25, -0.2) is 13.2 Å². The normalized spacial score (nSPS) is 17.4. The molecule has 0 bridgehead atoms. The first-order chi connectivity index (χ1) is 13.0. The molecule has 8 nitrogen and oxygen atoms in total. The van der Waals surface area contributed by atoms with Gasteiger partial charge < -0.3 is 14.8 Å². The lowest BCUT2D eigenvalue weighted by Gasteiger charge is -2.35. The van der Waals surface area contributed by atoms with Crippen LogP contribution in [0.4, 0.5) is 0 Å². The fourth-order valence-corrected chi connectivity index (χ4v) is 4.71. The van der Waals surface area contributed by atoms with Crippen LogP contribution in [0.2, 0.25) is 0 Å². The number of pyridine rings is 1. The minimum Gasteiger partial charge on any atom is -0.496 e. The molecule has 2 heterocycles. The smallest absolute Gasteiger partial charge is 0.341 e. The summed E-state index contributed by atoms with van der Waals surface area (Å²) in [5.41, 5.74) is 0.981. The van der Waals surface area contributed by atoms with E-state index >= 15 is 0 Å². The number of carbonyl (C=O) groups excluding carboxylic acids is 1. The average molecular weight is 428 g/mol. The number of esters is 1. The monoisotopic (exact) mass is 427 g/mol. The van der Waals surface area contributed by atoms with Crippen LogP contribution in [0.15, 0.2) is 47.6 Å². The Morgan fingerprint density at radius 1 is 1.29 bits per heavy atom. The van der Waals surface area contributed by atoms with Gasteiger partial charge in [-0.1, -0.05) is 6.07 Å². The summed E-state index contributed by atoms with van der Waals surface area (Å²) < 4.78 is 37.9. The highest BCUT2D eigenvalue weighted by Crippen LogP contribution is 2.31. The Hall–Kier alpha value is -2.20. The molecule has 1 saturated heterocycles. The van der Waals surface area contributed by atoms with Crippen LogP contribution in [0.1, 0.15) is 22.0 Å². The van der Waals surface area contributed by atoms with Crippen molar-refractivity contribution < 1.29 is 22.7 Å². The lowest BCUT2D eigenvalue weighted by molar-refractivity contribution is 0.0597. The molecule has 0 aliphatic carbocycles. The predicted molar refractivity (Wildman–Crippen MR) is 105 cm³/mol. The molecule has 10 heteroatoms. The summed E-state index contributed by atoms with van der Waals surface area (Å²) in [4.78, 5) is 16.0. The van der Waals surface area contributed by atoms with Crippen molar-refractivity contribution in [2.75, 3.05) is 33.9 Å². The minimum absolute atomic E-state index is 0. The molecule has 28 heavy (non-hydrogen) atoms. The van der Waals surface area contributed by atoms with Crippen LogP contribution in [0.3, 0.4) is 0 Å². The van der Waals surface area contributed by atoms with Crippen LogP contribution in [-0.2, 0) is 14.8 Å². The summed E-state index contributed by atoms with van der Waals surface area (Å²) in [6.45, 7) is 1.36. The Balaban J connectivity index is 0.00000280. The van der Waals surface area contributed by atoms with Gasteiger partial charge in [-0.2, -0.15) is 4.31 Å². The fraction of sp³-hybridized carbons (Fsp3) is 0.333. The number of hydrogen-bond acceptors (Lipinski definition) is 7. The van der Waals surface area contributed by atoms with Crippen LogP contribution in [0.25, 0.3) is 0 Å². The van der Waals surface area contributed by atoms with E-state index in [4.69, 9.17) is 9.47 Å². The second-order valence-electron chi connectivity index (χ2n) is 5.98. The lowest BCUT2D eigenvalue weighted by Crippen LogP contribution is -2.48. The third-order valence-electron chi connectivity index (χ3n) is 4.45. The zero-order chi connectivity index (χ0) is 19.4. The van der Waals surface area contributed by atoms with Gasteiger partial charge >= 0.3 is 5.97 Å². The Bertz CT molecular complexity index is 924. The van der Waals surface area contributed by atoms with E-state index in [1.54, 1.807) is 18.5 Å². The SMILES string of the molecule is COC(=O)c1ccc(S(=O)(=O)N2CCNCC2c2cccnc2)cc1OC.Cl. The number of methoxy groups -OCH3 is 2. The van der Waals surface area contributed by atoms with E-state index in [9.17, 15) is 13.2 Å². The number of hydrogen-bond donors (Lipinski definition) is 1. The zero-order valence-corrected chi connectivity index (χ0v) is 17.1. The summed E-state index contributed by atoms with van der Waals surface area (Å²) in [6.07, 6.45) is 3.32. The van der Waals surface area contributed by atoms with Gasteiger partial charge in [0, 0.05) is 38.1 Å². The molecule has 3 rings (SSSR count). The Morgan fingerprint density at radius 3 is 2.71 bits per heavy atom. The summed E-state index contributed by atoms with van der Waals surface area (Å²) in [6, 6.07) is 7.41. The first kappa shape index (κ1) is 22.1. The van der Waals surface area contributed by atoms with Gasteiger partial charge in [0.15, 0.2) is 0 Å². The van der Waals surface area contributed by atoms with E-state index in [2.05, 4.69) is 10.3 Å². The first-order valence-corrected chi connectivity index (χ1v) is 9.82. The van der Waals surface area contributed by atoms with Crippen LogP contribution in [-0.4, -0.2) is 57.5 Å². The van der Waals surface area contributed by atoms with Gasteiger partial charge in [0.25, 0.3) is 0 Å². The van der Waals surface area contributed by atoms with Gasteiger partial charge in [-0.05, 0) is 23.8 Å². The van der Waals surface area contributed by atoms with E-state index in [1.807, 2.05) is 6.07 Å². The number of piperazine rings is 1. The number of benzene rings is 1. The maximum absolute atomic E-state index is 13.3. The molecule has 1 fully saturated rings. The van der Waals surface area contributed by atoms with E-state index in [1.165, 1.54) is 36.7 Å². The number of nitrogens with one attached hydrogen (secondary N) is 1. The van der Waals surface area contributed by atoms with Crippen LogP contribution in [0, 0.1) is 0 Å². The lowest BCUT2D eigenvalue weighted by atomic mass is 10.1. The molecule has 152 valence electrons. The number of nitrogens with zero attached hydrogens (tertiary/aromatic N) is 2. The number of aromatic nitrogens is 1. The van der Waals surface area contributed by atoms with Crippen molar-refractivity contribution >= 4 is 28.4 Å². The van der Waals surface area contributed by atoms with Crippen molar-refractivity contribution in [3.05, 3.63) is 53.9 Å². The molecule has 1 N–H and O–H groups in total. The molecule has 0 spiro atoms. The van der Waals surface area contributed by atoms with Crippen molar-refractivity contribution in [1.82, 2.24) is 14.6 Å². The van der Waals surface area contributed by atoms with Crippen molar-refractivity contribution in [1.29, 1.82) is 0 Å². The number of sulfonamides is 1. The molecule has 1 aliphatic heterocycles. The number of carbonyl (C=O) groups is 1. The van der Waals surface area contributed by atoms with E-state index < -0.39 is 16.0 Å². The zero-order valence-electron chi connectivity index (χ0n) is 15.5. The molecule has 1 unspecified atom stereocenters. The first-order valence-electron chi connectivity index (χ1n) is 8.38. The molecular weight excluding hydrogens is 406 g/mol. The Morgan fingerprint density at radius 2 is 2.07 bits per heavy atom. The molecule has 1 aromatic carbocycles. The van der Waals surface area contributed by atoms with Crippen LogP contribution >= 0.6 is 12.4 Å². The van der Waals surface area contributed by atoms with Gasteiger partial charge in [0.2, 0.25) is 10.0 Å². The number of rotatable bonds is 5. The number of halogens is 1. The van der Waals surface area contributed by atoms with Gasteiger partial charge in [-0.3, -0.25) is 4.98 Å². The van der Waals surface area contributed by atoms with Crippen molar-refractivity contribution in [2.45, 2.75) is 10.9 Å². The predicted octanol–water partition coefficient (Wildman–Crippen LogP) is 1.63. The summed E-state index contributed by atoms with van der Waals surface area (Å²) in [5.74, 6) is -0.442. The average Bonchev–Trinajstić information content (AvgIpc) is 2.73. The van der Waals surface area contributed by atoms with Gasteiger partial charge in [-0.15, -0.1) is 12.4 Å². The van der Waals surface area contributed by atoms with Gasteiger partial charge in [0.05, 0.1) is 25.2 Å². The highest BCUT2D eigenvalue weighted by molar-refractivity contribution is 7.89. The maximum atomic E-state index is 13.3. The van der Waals surface area contributed by atoms with Crippen molar-refractivity contribution in [2.24, 2.45) is 0 Å². The number of ether oxygens (including phenoxy) is 2. The third kappa shape index (κ3) is 4.27.